The van der Waals surface area contributed by atoms with Crippen LogP contribution in [0.1, 0.15) is 0 Å². The Balaban J connectivity index is 2.75. The molecule has 0 saturated heterocycles. The second-order valence-electron chi connectivity index (χ2n) is 2.80. The molecule has 0 radical (unpaired) electrons. The summed E-state index contributed by atoms with van der Waals surface area (Å²) < 4.78 is 27.1. The van der Waals surface area contributed by atoms with E-state index in [-0.39, 0.29) is 4.90 Å². The number of aromatic nitrogens is 1. The Bertz CT molecular complexity index is 541. The predicted molar refractivity (Wildman–Crippen MR) is 47.1 cm³/mol. The lowest BCUT2D eigenvalue weighted by Gasteiger charge is -1.95. The molecule has 0 aliphatic carbocycles. The van der Waals surface area contributed by atoms with Crippen molar-refractivity contribution < 1.29 is 12.9 Å². The third-order valence-corrected chi connectivity index (χ3v) is 2.86. The molecule has 68 valence electrons. The molecule has 2 rings (SSSR count). The topological polar surface area (TPSA) is 60.2 Å². The Kier molecular flexibility index (Phi) is 1.63. The number of benzene rings is 1. The van der Waals surface area contributed by atoms with Gasteiger partial charge in [-0.05, 0) is 18.2 Å². The molecule has 4 nitrogen and oxygen atoms in total. The number of nitrogens with zero attached hydrogens (tertiary/aromatic N) is 1. The summed E-state index contributed by atoms with van der Waals surface area (Å²) in [7, 11) is -3.14. The average Bonchev–Trinajstić information content (AvgIpc) is 2.47. The van der Waals surface area contributed by atoms with E-state index in [1.54, 1.807) is 12.1 Å². The smallest absolute Gasteiger partial charge is 0.175 e. The maximum atomic E-state index is 11.1. The Hall–Kier alpha value is -1.36. The molecule has 2 aromatic rings. The molecule has 1 aromatic carbocycles. The van der Waals surface area contributed by atoms with Crippen molar-refractivity contribution in [1.29, 1.82) is 0 Å². The average molecular weight is 197 g/mol. The molecule has 0 saturated carbocycles. The first-order valence-electron chi connectivity index (χ1n) is 3.62. The van der Waals surface area contributed by atoms with Gasteiger partial charge in [0.15, 0.2) is 15.4 Å². The van der Waals surface area contributed by atoms with Gasteiger partial charge in [0.25, 0.3) is 0 Å². The second kappa shape index (κ2) is 2.56. The van der Waals surface area contributed by atoms with Gasteiger partial charge in [-0.1, -0.05) is 5.16 Å². The van der Waals surface area contributed by atoms with Gasteiger partial charge in [-0.2, -0.15) is 0 Å². The number of hydrogen-bond donors (Lipinski definition) is 0. The Labute approximate surface area is 75.1 Å². The van der Waals surface area contributed by atoms with Crippen LogP contribution in [0.3, 0.4) is 0 Å². The molecule has 0 fully saturated rings. The molecule has 0 N–H and O–H groups in total. The van der Waals surface area contributed by atoms with Gasteiger partial charge in [0.1, 0.15) is 0 Å². The van der Waals surface area contributed by atoms with E-state index in [0.29, 0.717) is 11.0 Å². The zero-order chi connectivity index (χ0) is 9.47. The lowest BCUT2D eigenvalue weighted by Crippen LogP contribution is -1.95. The lowest BCUT2D eigenvalue weighted by atomic mass is 10.3. The summed E-state index contributed by atoms with van der Waals surface area (Å²) in [5.41, 5.74) is 0.590. The van der Waals surface area contributed by atoms with E-state index in [1.807, 2.05) is 0 Å². The summed E-state index contributed by atoms with van der Waals surface area (Å²) in [6.45, 7) is 0. The summed E-state index contributed by atoms with van der Waals surface area (Å²) >= 11 is 0. The van der Waals surface area contributed by atoms with Gasteiger partial charge in [-0.15, -0.1) is 0 Å². The van der Waals surface area contributed by atoms with Crippen molar-refractivity contribution in [3.05, 3.63) is 24.4 Å². The summed E-state index contributed by atoms with van der Waals surface area (Å²) in [6, 6.07) is 4.64. The molecule has 0 unspecified atom stereocenters. The first-order valence-corrected chi connectivity index (χ1v) is 5.51. The third kappa shape index (κ3) is 1.42. The highest BCUT2D eigenvalue weighted by atomic mass is 32.2. The Morgan fingerprint density at radius 2 is 2.15 bits per heavy atom. The van der Waals surface area contributed by atoms with Crippen LogP contribution in [0.15, 0.2) is 33.8 Å². The van der Waals surface area contributed by atoms with Crippen LogP contribution >= 0.6 is 0 Å². The molecule has 0 atom stereocenters. The van der Waals surface area contributed by atoms with Crippen molar-refractivity contribution in [3.8, 4) is 0 Å². The molecule has 0 amide bonds. The molecule has 0 bridgehead atoms. The summed E-state index contributed by atoms with van der Waals surface area (Å²) in [6.07, 6.45) is 2.66. The molecule has 0 aliphatic heterocycles. The second-order valence-corrected chi connectivity index (χ2v) is 4.81. The van der Waals surface area contributed by atoms with Gasteiger partial charge < -0.3 is 4.52 Å². The van der Waals surface area contributed by atoms with Crippen LogP contribution < -0.4 is 0 Å². The molecule has 1 aromatic heterocycles. The van der Waals surface area contributed by atoms with Crippen LogP contribution in [0.25, 0.3) is 11.0 Å². The van der Waals surface area contributed by atoms with Crippen LogP contribution in [-0.2, 0) is 9.84 Å². The third-order valence-electron chi connectivity index (χ3n) is 1.75. The number of hydrogen-bond acceptors (Lipinski definition) is 4. The van der Waals surface area contributed by atoms with Crippen molar-refractivity contribution in [3.63, 3.8) is 0 Å². The number of sulfone groups is 1. The summed E-state index contributed by atoms with van der Waals surface area (Å²) in [4.78, 5) is 0.281. The maximum absolute atomic E-state index is 11.1. The maximum Gasteiger partial charge on any atom is 0.175 e. The first-order chi connectivity index (χ1) is 6.07. The van der Waals surface area contributed by atoms with Gasteiger partial charge in [-0.25, -0.2) is 8.42 Å². The normalized spacial score (nSPS) is 12.1. The van der Waals surface area contributed by atoms with Gasteiger partial charge >= 0.3 is 0 Å². The van der Waals surface area contributed by atoms with Crippen LogP contribution in [0.5, 0.6) is 0 Å². The van der Waals surface area contributed by atoms with Crippen LogP contribution in [0.2, 0.25) is 0 Å². The highest BCUT2D eigenvalue weighted by molar-refractivity contribution is 7.90. The van der Waals surface area contributed by atoms with Gasteiger partial charge in [0, 0.05) is 11.6 Å². The largest absolute Gasteiger partial charge is 0.356 e. The van der Waals surface area contributed by atoms with Crippen molar-refractivity contribution in [2.75, 3.05) is 6.26 Å². The highest BCUT2D eigenvalue weighted by Crippen LogP contribution is 2.18. The molecular weight excluding hydrogens is 190 g/mol. The minimum atomic E-state index is -3.14. The van der Waals surface area contributed by atoms with Gasteiger partial charge in [-0.3, -0.25) is 0 Å². The van der Waals surface area contributed by atoms with E-state index in [0.717, 1.165) is 0 Å². The molecule has 1 heterocycles. The summed E-state index contributed by atoms with van der Waals surface area (Å²) in [5.74, 6) is 0. The fourth-order valence-corrected chi connectivity index (χ4v) is 1.74. The molecule has 0 spiro atoms. The predicted octanol–water partition coefficient (Wildman–Crippen LogP) is 1.23. The lowest BCUT2D eigenvalue weighted by molar-refractivity contribution is 0.456. The SMILES string of the molecule is CS(=O)(=O)c1ccc2oncc2c1. The van der Waals surface area contributed by atoms with Crippen molar-refractivity contribution in [2.24, 2.45) is 0 Å². The quantitative estimate of drug-likeness (QED) is 0.689. The number of rotatable bonds is 1. The zero-order valence-corrected chi connectivity index (χ0v) is 7.71. The Morgan fingerprint density at radius 1 is 1.38 bits per heavy atom. The number of fused-ring (bicyclic) bond motifs is 1. The van der Waals surface area contributed by atoms with Crippen LogP contribution in [-0.4, -0.2) is 19.8 Å². The van der Waals surface area contributed by atoms with Crippen molar-refractivity contribution in [2.45, 2.75) is 4.90 Å². The Morgan fingerprint density at radius 3 is 2.85 bits per heavy atom. The molecule has 5 heteroatoms. The van der Waals surface area contributed by atoms with Crippen LogP contribution in [0.4, 0.5) is 0 Å². The van der Waals surface area contributed by atoms with E-state index in [2.05, 4.69) is 5.16 Å². The first kappa shape index (κ1) is 8.25. The van der Waals surface area contributed by atoms with Crippen molar-refractivity contribution in [1.82, 2.24) is 5.16 Å². The standard InChI is InChI=1S/C8H7NO3S/c1-13(10,11)7-2-3-8-6(4-7)5-9-12-8/h2-5H,1H3. The van der Waals surface area contributed by atoms with Gasteiger partial charge in [0.05, 0.1) is 11.1 Å². The fraction of sp³-hybridized carbons (Fsp3) is 0.125. The monoisotopic (exact) mass is 197 g/mol. The molecule has 13 heavy (non-hydrogen) atoms. The highest BCUT2D eigenvalue weighted by Gasteiger charge is 2.08. The minimum Gasteiger partial charge on any atom is -0.356 e. The van der Waals surface area contributed by atoms with E-state index < -0.39 is 9.84 Å². The minimum absolute atomic E-state index is 0.281. The zero-order valence-electron chi connectivity index (χ0n) is 6.89. The molecular formula is C8H7NO3S. The van der Waals surface area contributed by atoms with E-state index in [9.17, 15) is 8.42 Å². The van der Waals surface area contributed by atoms with Crippen molar-refractivity contribution >= 4 is 20.8 Å². The van der Waals surface area contributed by atoms with Crippen LogP contribution in [0, 0.1) is 0 Å². The van der Waals surface area contributed by atoms with Gasteiger partial charge in [0.2, 0.25) is 0 Å². The molecule has 0 aliphatic rings. The summed E-state index contributed by atoms with van der Waals surface area (Å²) in [5, 5.41) is 4.25. The van der Waals surface area contributed by atoms with E-state index in [1.165, 1.54) is 18.5 Å². The van der Waals surface area contributed by atoms with E-state index in [4.69, 9.17) is 4.52 Å². The van der Waals surface area contributed by atoms with E-state index >= 15 is 0 Å². The fourth-order valence-electron chi connectivity index (χ4n) is 1.08.